The molecule has 174 valence electrons. The van der Waals surface area contributed by atoms with E-state index in [0.717, 1.165) is 17.0 Å². The summed E-state index contributed by atoms with van der Waals surface area (Å²) < 4.78 is 16.8. The minimum Gasteiger partial charge on any atom is -0.344 e. The van der Waals surface area contributed by atoms with Crippen LogP contribution in [0.25, 0.3) is 5.69 Å². The molecule has 2 heterocycles. The van der Waals surface area contributed by atoms with Crippen LogP contribution >= 0.6 is 11.8 Å². The largest absolute Gasteiger partial charge is 0.344 e. The van der Waals surface area contributed by atoms with Gasteiger partial charge in [0.15, 0.2) is 5.78 Å². The number of carbonyl (C=O) groups is 2. The maximum atomic E-state index is 13.2. The summed E-state index contributed by atoms with van der Waals surface area (Å²) in [5.41, 5.74) is 4.70. The number of carbonyl (C=O) groups excluding carboxylic acids is 2. The van der Waals surface area contributed by atoms with Crippen molar-refractivity contribution in [2.75, 3.05) is 11.1 Å². The Labute approximate surface area is 200 Å². The molecule has 0 aliphatic carbocycles. The Morgan fingerprint density at radius 2 is 1.85 bits per heavy atom. The molecule has 0 fully saturated rings. The number of aryl methyl sites for hydroxylation is 1. The summed E-state index contributed by atoms with van der Waals surface area (Å²) in [6, 6.07) is 15.4. The lowest BCUT2D eigenvalue weighted by atomic mass is 10.2. The topological polar surface area (TPSA) is 94.7 Å². The van der Waals surface area contributed by atoms with Gasteiger partial charge in [-0.1, -0.05) is 30.0 Å². The van der Waals surface area contributed by atoms with Gasteiger partial charge in [0.25, 0.3) is 0 Å². The van der Waals surface area contributed by atoms with E-state index >= 15 is 0 Å². The van der Waals surface area contributed by atoms with Crippen molar-refractivity contribution in [2.45, 2.75) is 32.5 Å². The van der Waals surface area contributed by atoms with Gasteiger partial charge < -0.3 is 9.88 Å². The molecular formula is C24H23FN6O2S. The molecule has 1 N–H and O–H groups in total. The van der Waals surface area contributed by atoms with E-state index in [1.54, 1.807) is 30.3 Å². The van der Waals surface area contributed by atoms with Gasteiger partial charge >= 0.3 is 0 Å². The zero-order valence-electron chi connectivity index (χ0n) is 18.9. The van der Waals surface area contributed by atoms with E-state index in [0.29, 0.717) is 28.6 Å². The van der Waals surface area contributed by atoms with Crippen molar-refractivity contribution >= 4 is 29.1 Å². The number of benzene rings is 2. The van der Waals surface area contributed by atoms with Gasteiger partial charge in [-0.15, -0.1) is 5.10 Å². The summed E-state index contributed by atoms with van der Waals surface area (Å²) in [5, 5.41) is 15.0. The first-order valence-corrected chi connectivity index (χ1v) is 11.5. The summed E-state index contributed by atoms with van der Waals surface area (Å²) in [4.78, 5) is 24.4. The number of hydrogen-bond donors (Lipinski definition) is 1. The highest BCUT2D eigenvalue weighted by Crippen LogP contribution is 2.24. The van der Waals surface area contributed by atoms with Crippen LogP contribution < -0.4 is 5.32 Å². The van der Waals surface area contributed by atoms with Crippen molar-refractivity contribution in [3.63, 3.8) is 0 Å². The number of ketones is 1. The van der Waals surface area contributed by atoms with Gasteiger partial charge in [-0.3, -0.25) is 9.59 Å². The number of nitrogens with zero attached hydrogens (tertiary/aromatic N) is 5. The molecule has 0 radical (unpaired) electrons. The lowest BCUT2D eigenvalue weighted by Gasteiger charge is -2.10. The molecule has 0 bridgehead atoms. The van der Waals surface area contributed by atoms with Crippen LogP contribution in [0.5, 0.6) is 0 Å². The van der Waals surface area contributed by atoms with Crippen LogP contribution in [0.3, 0.4) is 0 Å². The summed E-state index contributed by atoms with van der Waals surface area (Å²) in [5.74, 6) is -0.329. The van der Waals surface area contributed by atoms with Crippen LogP contribution in [0.4, 0.5) is 10.1 Å². The summed E-state index contributed by atoms with van der Waals surface area (Å²) in [6.45, 7) is 5.85. The SMILES string of the molecule is CC(=O)Nc1cccc(-n2nnnc2SCC(=O)c2cc(C)n(Cc3ccc(F)cc3)c2C)c1. The first-order chi connectivity index (χ1) is 16.3. The van der Waals surface area contributed by atoms with E-state index in [2.05, 4.69) is 20.8 Å². The summed E-state index contributed by atoms with van der Waals surface area (Å²) in [7, 11) is 0. The minimum atomic E-state index is -0.276. The molecule has 10 heteroatoms. The Bertz CT molecular complexity index is 1350. The monoisotopic (exact) mass is 478 g/mol. The van der Waals surface area contributed by atoms with Gasteiger partial charge in [0.05, 0.1) is 11.4 Å². The second-order valence-electron chi connectivity index (χ2n) is 7.81. The highest BCUT2D eigenvalue weighted by atomic mass is 32.2. The third kappa shape index (κ3) is 5.23. The van der Waals surface area contributed by atoms with Crippen molar-refractivity contribution < 1.29 is 14.0 Å². The number of Topliss-reactive ketones (excluding diaryl/α,β-unsaturated/α-hetero) is 1. The van der Waals surface area contributed by atoms with Crippen LogP contribution in [-0.4, -0.2) is 42.2 Å². The Kier molecular flexibility index (Phi) is 6.87. The van der Waals surface area contributed by atoms with Crippen LogP contribution in [-0.2, 0) is 11.3 Å². The second-order valence-corrected chi connectivity index (χ2v) is 8.76. The van der Waals surface area contributed by atoms with Gasteiger partial charge in [-0.05, 0) is 66.2 Å². The second kappa shape index (κ2) is 10.0. The normalized spacial score (nSPS) is 10.9. The van der Waals surface area contributed by atoms with E-state index in [1.165, 1.54) is 35.5 Å². The number of aromatic nitrogens is 5. The lowest BCUT2D eigenvalue weighted by Crippen LogP contribution is -2.09. The van der Waals surface area contributed by atoms with Crippen molar-refractivity contribution in [2.24, 2.45) is 0 Å². The Balaban J connectivity index is 1.48. The number of halogens is 1. The number of amides is 1. The Morgan fingerprint density at radius 3 is 2.59 bits per heavy atom. The molecule has 4 rings (SSSR count). The van der Waals surface area contributed by atoms with E-state index in [9.17, 15) is 14.0 Å². The molecule has 8 nitrogen and oxygen atoms in total. The number of nitrogens with one attached hydrogen (secondary N) is 1. The Hall–Kier alpha value is -3.79. The molecule has 1 amide bonds. The molecule has 0 aliphatic heterocycles. The number of tetrazole rings is 1. The maximum Gasteiger partial charge on any atom is 0.221 e. The van der Waals surface area contributed by atoms with Gasteiger partial charge in [0, 0.05) is 36.1 Å². The molecule has 0 aliphatic rings. The highest BCUT2D eigenvalue weighted by Gasteiger charge is 2.18. The number of hydrogen-bond acceptors (Lipinski definition) is 6. The standard InChI is InChI=1S/C24H23FN6O2S/c1-15-11-22(16(2)30(15)13-18-7-9-19(25)10-8-18)23(33)14-34-24-27-28-29-31(24)21-6-4-5-20(12-21)26-17(3)32/h4-12H,13-14H2,1-3H3,(H,26,32). The predicted molar refractivity (Wildman–Crippen MR) is 128 cm³/mol. The molecule has 2 aromatic heterocycles. The first kappa shape index (κ1) is 23.4. The Morgan fingerprint density at radius 1 is 1.09 bits per heavy atom. The number of anilines is 1. The fraction of sp³-hybridized carbons (Fsp3) is 0.208. The summed E-state index contributed by atoms with van der Waals surface area (Å²) in [6.07, 6.45) is 0. The van der Waals surface area contributed by atoms with Gasteiger partial charge in [0.2, 0.25) is 11.1 Å². The van der Waals surface area contributed by atoms with Crippen LogP contribution in [0.2, 0.25) is 0 Å². The molecular weight excluding hydrogens is 455 g/mol. The van der Waals surface area contributed by atoms with Gasteiger partial charge in [-0.25, -0.2) is 4.39 Å². The first-order valence-electron chi connectivity index (χ1n) is 10.6. The third-order valence-electron chi connectivity index (χ3n) is 5.31. The molecule has 4 aromatic rings. The third-order valence-corrected chi connectivity index (χ3v) is 6.23. The van der Waals surface area contributed by atoms with E-state index in [1.807, 2.05) is 30.5 Å². The predicted octanol–water partition coefficient (Wildman–Crippen LogP) is 4.20. The molecule has 0 saturated heterocycles. The zero-order chi connectivity index (χ0) is 24.2. The number of rotatable bonds is 8. The fourth-order valence-electron chi connectivity index (χ4n) is 3.66. The fourth-order valence-corrected chi connectivity index (χ4v) is 4.43. The summed E-state index contributed by atoms with van der Waals surface area (Å²) >= 11 is 1.24. The van der Waals surface area contributed by atoms with Crippen molar-refractivity contribution in [1.82, 2.24) is 24.8 Å². The lowest BCUT2D eigenvalue weighted by molar-refractivity contribution is -0.114. The molecule has 2 aromatic carbocycles. The van der Waals surface area contributed by atoms with Gasteiger partial charge in [0.1, 0.15) is 5.82 Å². The molecule has 0 spiro atoms. The maximum absolute atomic E-state index is 13.2. The van der Waals surface area contributed by atoms with Gasteiger partial charge in [-0.2, -0.15) is 4.68 Å². The van der Waals surface area contributed by atoms with Crippen LogP contribution in [0.15, 0.2) is 59.8 Å². The van der Waals surface area contributed by atoms with Crippen LogP contribution in [0.1, 0.15) is 34.2 Å². The van der Waals surface area contributed by atoms with E-state index < -0.39 is 0 Å². The average molecular weight is 479 g/mol. The molecule has 34 heavy (non-hydrogen) atoms. The van der Waals surface area contributed by atoms with Crippen molar-refractivity contribution in [1.29, 1.82) is 0 Å². The smallest absolute Gasteiger partial charge is 0.221 e. The van der Waals surface area contributed by atoms with E-state index in [4.69, 9.17) is 0 Å². The van der Waals surface area contributed by atoms with Crippen molar-refractivity contribution in [3.8, 4) is 5.69 Å². The molecule has 0 atom stereocenters. The van der Waals surface area contributed by atoms with E-state index in [-0.39, 0.29) is 23.3 Å². The van der Waals surface area contributed by atoms with Crippen LogP contribution in [0, 0.1) is 19.7 Å². The average Bonchev–Trinajstić information content (AvgIpc) is 3.38. The quantitative estimate of drug-likeness (QED) is 0.301. The highest BCUT2D eigenvalue weighted by molar-refractivity contribution is 7.99. The zero-order valence-corrected chi connectivity index (χ0v) is 19.8. The molecule has 0 saturated carbocycles. The molecule has 0 unspecified atom stereocenters. The number of thioether (sulfide) groups is 1. The minimum absolute atomic E-state index is 0.0370. The van der Waals surface area contributed by atoms with Crippen molar-refractivity contribution in [3.05, 3.63) is 82.9 Å².